The summed E-state index contributed by atoms with van der Waals surface area (Å²) in [4.78, 5) is 24.7. The van der Waals surface area contributed by atoms with Crippen molar-refractivity contribution in [2.75, 3.05) is 13.1 Å². The lowest BCUT2D eigenvalue weighted by atomic mass is 10.0. The maximum atomic E-state index is 12.2. The van der Waals surface area contributed by atoms with Crippen molar-refractivity contribution < 1.29 is 14.5 Å². The molecule has 1 heterocycles. The van der Waals surface area contributed by atoms with Gasteiger partial charge in [0.1, 0.15) is 6.61 Å². The number of amides is 1. The van der Waals surface area contributed by atoms with E-state index in [1.165, 1.54) is 6.07 Å². The fourth-order valence-electron chi connectivity index (χ4n) is 3.39. The number of nitrogens with zero attached hydrogens (tertiary/aromatic N) is 2. The van der Waals surface area contributed by atoms with Gasteiger partial charge in [-0.2, -0.15) is 0 Å². The number of carbonyl (C=O) groups is 1. The quantitative estimate of drug-likeness (QED) is 0.606. The predicted molar refractivity (Wildman–Crippen MR) is 106 cm³/mol. The Balaban J connectivity index is 1.44. The van der Waals surface area contributed by atoms with Crippen molar-refractivity contribution in [2.24, 2.45) is 0 Å². The third-order valence-electron chi connectivity index (χ3n) is 5.15. The van der Waals surface area contributed by atoms with E-state index in [4.69, 9.17) is 4.74 Å². The molecular formula is C21H25N3O4. The number of ether oxygens (including phenoxy) is 1. The first-order valence-electron chi connectivity index (χ1n) is 9.46. The highest BCUT2D eigenvalue weighted by atomic mass is 16.6. The summed E-state index contributed by atoms with van der Waals surface area (Å²) in [6.07, 6.45) is 1.37. The van der Waals surface area contributed by atoms with Gasteiger partial charge in [0, 0.05) is 37.3 Å². The van der Waals surface area contributed by atoms with Crippen LogP contribution in [-0.4, -0.2) is 35.0 Å². The van der Waals surface area contributed by atoms with Gasteiger partial charge >= 0.3 is 6.09 Å². The lowest BCUT2D eigenvalue weighted by molar-refractivity contribution is -0.385. The molecule has 0 spiro atoms. The second-order valence-corrected chi connectivity index (χ2v) is 7.00. The van der Waals surface area contributed by atoms with Gasteiger partial charge < -0.3 is 15.0 Å². The molecule has 2 aromatic rings. The van der Waals surface area contributed by atoms with E-state index < -0.39 is 0 Å². The van der Waals surface area contributed by atoms with Gasteiger partial charge in [-0.05, 0) is 30.9 Å². The van der Waals surface area contributed by atoms with Crippen LogP contribution in [0, 0.1) is 17.0 Å². The first kappa shape index (κ1) is 19.8. The van der Waals surface area contributed by atoms with Crippen LogP contribution >= 0.6 is 0 Å². The molecule has 1 aliphatic heterocycles. The molecule has 7 nitrogen and oxygen atoms in total. The minimum atomic E-state index is -0.349. The molecule has 1 saturated heterocycles. The average Bonchev–Trinajstić information content (AvgIpc) is 2.72. The minimum absolute atomic E-state index is 0.148. The number of benzene rings is 2. The average molecular weight is 383 g/mol. The van der Waals surface area contributed by atoms with Crippen molar-refractivity contribution in [2.45, 2.75) is 39.0 Å². The van der Waals surface area contributed by atoms with Gasteiger partial charge in [-0.15, -0.1) is 0 Å². The zero-order valence-electron chi connectivity index (χ0n) is 16.0. The van der Waals surface area contributed by atoms with Crippen LogP contribution in [0.15, 0.2) is 48.5 Å². The van der Waals surface area contributed by atoms with Crippen molar-refractivity contribution in [1.29, 1.82) is 0 Å². The largest absolute Gasteiger partial charge is 0.445 e. The summed E-state index contributed by atoms with van der Waals surface area (Å²) in [6, 6.07) is 15.1. The summed E-state index contributed by atoms with van der Waals surface area (Å²) < 4.78 is 5.39. The molecule has 1 fully saturated rings. The molecule has 0 aromatic heterocycles. The van der Waals surface area contributed by atoms with Gasteiger partial charge in [-0.3, -0.25) is 10.1 Å². The van der Waals surface area contributed by atoms with Gasteiger partial charge in [0.05, 0.1) is 4.92 Å². The Morgan fingerprint density at radius 3 is 2.57 bits per heavy atom. The number of piperidine rings is 1. The molecule has 28 heavy (non-hydrogen) atoms. The number of rotatable bonds is 6. The maximum Gasteiger partial charge on any atom is 0.410 e. The van der Waals surface area contributed by atoms with E-state index in [1.807, 2.05) is 36.4 Å². The summed E-state index contributed by atoms with van der Waals surface area (Å²) in [5.41, 5.74) is 2.75. The monoisotopic (exact) mass is 383 g/mol. The standard InChI is InChI=1S/C21H25N3O4/c1-16-18(8-5-9-20(16)24(26)27)14-22-19-10-12-23(13-11-19)21(25)28-15-17-6-3-2-4-7-17/h2-9,19,22H,10-15H2,1H3. The topological polar surface area (TPSA) is 84.7 Å². The zero-order chi connectivity index (χ0) is 19.9. The van der Waals surface area contributed by atoms with E-state index >= 15 is 0 Å². The van der Waals surface area contributed by atoms with Crippen molar-refractivity contribution in [1.82, 2.24) is 10.2 Å². The summed E-state index contributed by atoms with van der Waals surface area (Å²) in [7, 11) is 0. The molecule has 0 radical (unpaired) electrons. The Labute approximate surface area is 164 Å². The van der Waals surface area contributed by atoms with Crippen molar-refractivity contribution in [3.63, 3.8) is 0 Å². The van der Waals surface area contributed by atoms with E-state index in [2.05, 4.69) is 5.32 Å². The van der Waals surface area contributed by atoms with Crippen LogP contribution in [0.5, 0.6) is 0 Å². The molecule has 1 N–H and O–H groups in total. The molecule has 148 valence electrons. The molecule has 0 aliphatic carbocycles. The predicted octanol–water partition coefficient (Wildman–Crippen LogP) is 3.79. The number of nitro groups is 1. The molecule has 0 unspecified atom stereocenters. The molecule has 2 aromatic carbocycles. The third-order valence-corrected chi connectivity index (χ3v) is 5.15. The summed E-state index contributed by atoms with van der Waals surface area (Å²) in [5.74, 6) is 0. The van der Waals surface area contributed by atoms with Gasteiger partial charge in [0.15, 0.2) is 0 Å². The van der Waals surface area contributed by atoms with E-state index in [9.17, 15) is 14.9 Å². The molecule has 3 rings (SSSR count). The Bertz CT molecular complexity index is 818. The number of carbonyl (C=O) groups excluding carboxylic acids is 1. The fraction of sp³-hybridized carbons (Fsp3) is 0.381. The first-order valence-corrected chi connectivity index (χ1v) is 9.46. The molecule has 1 aliphatic rings. The third kappa shape index (κ3) is 5.07. The van der Waals surface area contributed by atoms with Gasteiger partial charge in [-0.25, -0.2) is 4.79 Å². The van der Waals surface area contributed by atoms with Crippen molar-refractivity contribution in [3.05, 3.63) is 75.3 Å². The van der Waals surface area contributed by atoms with Crippen LogP contribution in [0.1, 0.15) is 29.5 Å². The molecule has 0 atom stereocenters. The molecule has 1 amide bonds. The highest BCUT2D eigenvalue weighted by Crippen LogP contribution is 2.21. The lowest BCUT2D eigenvalue weighted by Crippen LogP contribution is -2.44. The second-order valence-electron chi connectivity index (χ2n) is 7.00. The number of likely N-dealkylation sites (tertiary alicyclic amines) is 1. The van der Waals surface area contributed by atoms with Crippen LogP contribution in [0.2, 0.25) is 0 Å². The number of hydrogen-bond donors (Lipinski definition) is 1. The molecular weight excluding hydrogens is 358 g/mol. The normalized spacial score (nSPS) is 14.7. The second kappa shape index (κ2) is 9.32. The Kier molecular flexibility index (Phi) is 6.60. The van der Waals surface area contributed by atoms with E-state index in [-0.39, 0.29) is 29.4 Å². The zero-order valence-corrected chi connectivity index (χ0v) is 16.0. The van der Waals surface area contributed by atoms with Gasteiger partial charge in [0.2, 0.25) is 0 Å². The molecule has 0 saturated carbocycles. The van der Waals surface area contributed by atoms with E-state index in [0.717, 1.165) is 24.0 Å². The van der Waals surface area contributed by atoms with Gasteiger partial charge in [-0.1, -0.05) is 42.5 Å². The Morgan fingerprint density at radius 1 is 1.18 bits per heavy atom. The fourth-order valence-corrected chi connectivity index (χ4v) is 3.39. The smallest absolute Gasteiger partial charge is 0.410 e. The lowest BCUT2D eigenvalue weighted by Gasteiger charge is -2.32. The summed E-state index contributed by atoms with van der Waals surface area (Å²) in [6.45, 7) is 3.92. The number of hydrogen-bond acceptors (Lipinski definition) is 5. The highest BCUT2D eigenvalue weighted by molar-refractivity contribution is 5.67. The SMILES string of the molecule is Cc1c(CNC2CCN(C(=O)OCc3ccccc3)CC2)cccc1[N+](=O)[O-]. The molecule has 7 heteroatoms. The van der Waals surface area contributed by atoms with Crippen LogP contribution in [-0.2, 0) is 17.9 Å². The van der Waals surface area contributed by atoms with Gasteiger partial charge in [0.25, 0.3) is 5.69 Å². The van der Waals surface area contributed by atoms with E-state index in [0.29, 0.717) is 25.2 Å². The van der Waals surface area contributed by atoms with Crippen LogP contribution in [0.3, 0.4) is 0 Å². The van der Waals surface area contributed by atoms with E-state index in [1.54, 1.807) is 17.9 Å². The number of nitrogens with one attached hydrogen (secondary N) is 1. The van der Waals surface area contributed by atoms with Crippen LogP contribution < -0.4 is 5.32 Å². The Morgan fingerprint density at radius 2 is 1.89 bits per heavy atom. The summed E-state index contributed by atoms with van der Waals surface area (Å²) in [5, 5.41) is 14.5. The first-order chi connectivity index (χ1) is 13.5. The maximum absolute atomic E-state index is 12.2. The Hall–Kier alpha value is -2.93. The van der Waals surface area contributed by atoms with Crippen LogP contribution in [0.25, 0.3) is 0 Å². The van der Waals surface area contributed by atoms with Crippen molar-refractivity contribution >= 4 is 11.8 Å². The highest BCUT2D eigenvalue weighted by Gasteiger charge is 2.24. The number of nitro benzene ring substituents is 1. The molecule has 0 bridgehead atoms. The minimum Gasteiger partial charge on any atom is -0.445 e. The van der Waals surface area contributed by atoms with Crippen molar-refractivity contribution in [3.8, 4) is 0 Å². The summed E-state index contributed by atoms with van der Waals surface area (Å²) >= 11 is 0. The van der Waals surface area contributed by atoms with Crippen LogP contribution in [0.4, 0.5) is 10.5 Å².